The smallest absolute Gasteiger partial charge is 0.280 e. The van der Waals surface area contributed by atoms with Crippen molar-refractivity contribution in [1.29, 1.82) is 0 Å². The normalized spacial score (nSPS) is 11.3. The molecule has 4 aromatic heterocycles. The molecule has 32 heavy (non-hydrogen) atoms. The second-order valence-corrected chi connectivity index (χ2v) is 6.88. The van der Waals surface area contributed by atoms with Crippen LogP contribution in [0.15, 0.2) is 41.3 Å². The molecule has 4 heterocycles. The fraction of sp³-hybridized carbons (Fsp3) is 0.250. The summed E-state index contributed by atoms with van der Waals surface area (Å²) in [5.41, 5.74) is 0.0873. The zero-order valence-electron chi connectivity index (χ0n) is 17.2. The van der Waals surface area contributed by atoms with Crippen LogP contribution in [-0.4, -0.2) is 36.2 Å². The van der Waals surface area contributed by atoms with Crippen molar-refractivity contribution in [3.8, 4) is 0 Å². The first-order chi connectivity index (χ1) is 15.4. The van der Waals surface area contributed by atoms with Crippen LogP contribution in [0.3, 0.4) is 0 Å². The van der Waals surface area contributed by atoms with Gasteiger partial charge < -0.3 is 15.1 Å². The largest absolute Gasteiger partial charge is 0.467 e. The van der Waals surface area contributed by atoms with Crippen molar-refractivity contribution >= 4 is 23.1 Å². The molecule has 0 bridgehead atoms. The third-order valence-corrected chi connectivity index (χ3v) is 4.65. The number of nitrogens with one attached hydrogen (secondary N) is 2. The van der Waals surface area contributed by atoms with Gasteiger partial charge in [0.25, 0.3) is 18.2 Å². The maximum Gasteiger partial charge on any atom is 0.280 e. The molecule has 0 fully saturated rings. The van der Waals surface area contributed by atoms with Gasteiger partial charge in [-0.25, -0.2) is 18.3 Å². The Morgan fingerprint density at radius 1 is 1.28 bits per heavy atom. The highest BCUT2D eigenvalue weighted by molar-refractivity contribution is 6.10. The average molecular weight is 443 g/mol. The number of hydrogen-bond acceptors (Lipinski definition) is 6. The highest BCUT2D eigenvalue weighted by Gasteiger charge is 2.23. The Bertz CT molecular complexity index is 1280. The highest BCUT2D eigenvalue weighted by atomic mass is 19.3. The lowest BCUT2D eigenvalue weighted by atomic mass is 10.2. The summed E-state index contributed by atoms with van der Waals surface area (Å²) >= 11 is 0. The minimum Gasteiger partial charge on any atom is -0.467 e. The van der Waals surface area contributed by atoms with E-state index in [4.69, 9.17) is 4.42 Å². The molecule has 0 aliphatic heterocycles. The van der Waals surface area contributed by atoms with Crippen molar-refractivity contribution in [2.45, 2.75) is 33.4 Å². The summed E-state index contributed by atoms with van der Waals surface area (Å²) in [5, 5.41) is 13.4. The number of furan rings is 1. The third kappa shape index (κ3) is 4.06. The van der Waals surface area contributed by atoms with Crippen LogP contribution < -0.4 is 10.6 Å². The van der Waals surface area contributed by atoms with E-state index < -0.39 is 18.2 Å². The van der Waals surface area contributed by atoms with E-state index in [0.717, 1.165) is 10.7 Å². The number of amides is 2. The predicted molar refractivity (Wildman–Crippen MR) is 108 cm³/mol. The Morgan fingerprint density at radius 2 is 2.09 bits per heavy atom. The van der Waals surface area contributed by atoms with Gasteiger partial charge in [-0.3, -0.25) is 14.3 Å². The van der Waals surface area contributed by atoms with Crippen molar-refractivity contribution in [2.24, 2.45) is 0 Å². The SMILES string of the molecule is CCn1cc(NC(=O)c2cnn3c(C(F)F)cc(C)nc23)c(C(=O)NCc2ccco2)n1. The van der Waals surface area contributed by atoms with E-state index >= 15 is 0 Å². The summed E-state index contributed by atoms with van der Waals surface area (Å²) in [6.45, 7) is 3.98. The van der Waals surface area contributed by atoms with Crippen molar-refractivity contribution in [3.63, 3.8) is 0 Å². The van der Waals surface area contributed by atoms with E-state index in [0.29, 0.717) is 18.0 Å². The van der Waals surface area contributed by atoms with Gasteiger partial charge in [0.15, 0.2) is 11.3 Å². The molecule has 4 rings (SSSR count). The number of aryl methyl sites for hydroxylation is 2. The molecule has 2 amide bonds. The Hall–Kier alpha value is -4.09. The zero-order valence-corrected chi connectivity index (χ0v) is 17.2. The molecule has 0 saturated heterocycles. The molecule has 0 aromatic carbocycles. The highest BCUT2D eigenvalue weighted by Crippen LogP contribution is 2.23. The van der Waals surface area contributed by atoms with Crippen molar-refractivity contribution in [3.05, 3.63) is 65.3 Å². The number of carbonyl (C=O) groups is 2. The fourth-order valence-corrected chi connectivity index (χ4v) is 3.13. The van der Waals surface area contributed by atoms with Gasteiger partial charge in [-0.1, -0.05) is 0 Å². The minimum absolute atomic E-state index is 0.000592. The van der Waals surface area contributed by atoms with Crippen LogP contribution in [0.5, 0.6) is 0 Å². The number of carbonyl (C=O) groups excluding carboxylic acids is 2. The van der Waals surface area contributed by atoms with E-state index in [-0.39, 0.29) is 34.8 Å². The summed E-state index contributed by atoms with van der Waals surface area (Å²) in [6.07, 6.45) is 1.37. The standard InChI is InChI=1S/C20H19F2N7O3/c1-3-28-10-14(16(27-28)20(31)23-8-12-5-4-6-32-12)26-19(30)13-9-24-29-15(17(21)22)7-11(2)25-18(13)29/h4-7,9-10,17H,3,8H2,1-2H3,(H,23,31)(H,26,30). The Morgan fingerprint density at radius 3 is 2.78 bits per heavy atom. The quantitative estimate of drug-likeness (QED) is 0.453. The first-order valence-corrected chi connectivity index (χ1v) is 9.70. The van der Waals surface area contributed by atoms with Crippen LogP contribution in [0.1, 0.15) is 51.3 Å². The van der Waals surface area contributed by atoms with E-state index in [2.05, 4.69) is 25.8 Å². The summed E-state index contributed by atoms with van der Waals surface area (Å²) in [5.74, 6) is -0.617. The van der Waals surface area contributed by atoms with Crippen LogP contribution in [0.4, 0.5) is 14.5 Å². The first-order valence-electron chi connectivity index (χ1n) is 9.70. The fourth-order valence-electron chi connectivity index (χ4n) is 3.13. The maximum atomic E-state index is 13.3. The number of fused-ring (bicyclic) bond motifs is 1. The van der Waals surface area contributed by atoms with Gasteiger partial charge in [0, 0.05) is 18.4 Å². The van der Waals surface area contributed by atoms with Gasteiger partial charge in [-0.05, 0) is 32.0 Å². The number of aromatic nitrogens is 5. The number of anilines is 1. The lowest BCUT2D eigenvalue weighted by Crippen LogP contribution is -2.25. The third-order valence-electron chi connectivity index (χ3n) is 4.65. The molecular weight excluding hydrogens is 424 g/mol. The summed E-state index contributed by atoms with van der Waals surface area (Å²) in [7, 11) is 0. The molecule has 0 unspecified atom stereocenters. The Balaban J connectivity index is 1.61. The molecule has 0 aliphatic carbocycles. The van der Waals surface area contributed by atoms with E-state index in [1.54, 1.807) is 19.1 Å². The molecule has 166 valence electrons. The molecule has 0 saturated carbocycles. The van der Waals surface area contributed by atoms with Crippen LogP contribution in [-0.2, 0) is 13.1 Å². The molecular formula is C20H19F2N7O3. The average Bonchev–Trinajstić information content (AvgIpc) is 3.50. The summed E-state index contributed by atoms with van der Waals surface area (Å²) < 4.78 is 34.3. The van der Waals surface area contributed by atoms with Crippen LogP contribution in [0, 0.1) is 6.92 Å². The molecule has 0 atom stereocenters. The van der Waals surface area contributed by atoms with E-state index in [1.165, 1.54) is 23.2 Å². The lowest BCUT2D eigenvalue weighted by Gasteiger charge is -2.07. The predicted octanol–water partition coefficient (Wildman–Crippen LogP) is 2.97. The van der Waals surface area contributed by atoms with Gasteiger partial charge in [-0.2, -0.15) is 10.2 Å². The van der Waals surface area contributed by atoms with E-state index in [9.17, 15) is 18.4 Å². The summed E-state index contributed by atoms with van der Waals surface area (Å²) in [6, 6.07) is 4.62. The number of nitrogens with zero attached hydrogens (tertiary/aromatic N) is 5. The van der Waals surface area contributed by atoms with Gasteiger partial charge in [-0.15, -0.1) is 0 Å². The van der Waals surface area contributed by atoms with Crippen LogP contribution >= 0.6 is 0 Å². The molecule has 4 aromatic rings. The maximum absolute atomic E-state index is 13.3. The van der Waals surface area contributed by atoms with Crippen molar-refractivity contribution in [2.75, 3.05) is 5.32 Å². The second kappa shape index (κ2) is 8.57. The minimum atomic E-state index is -2.79. The lowest BCUT2D eigenvalue weighted by molar-refractivity contribution is 0.0943. The number of rotatable bonds is 7. The second-order valence-electron chi connectivity index (χ2n) is 6.88. The van der Waals surface area contributed by atoms with Gasteiger partial charge in [0.1, 0.15) is 17.0 Å². The topological polar surface area (TPSA) is 119 Å². The van der Waals surface area contributed by atoms with Crippen molar-refractivity contribution in [1.82, 2.24) is 29.7 Å². The molecule has 10 nitrogen and oxygen atoms in total. The van der Waals surface area contributed by atoms with Gasteiger partial charge in [0.05, 0.1) is 24.7 Å². The van der Waals surface area contributed by atoms with E-state index in [1.807, 2.05) is 6.92 Å². The Kier molecular flexibility index (Phi) is 5.67. The molecule has 0 aliphatic rings. The molecule has 0 spiro atoms. The number of halogens is 2. The Labute approximate surface area is 180 Å². The van der Waals surface area contributed by atoms with Crippen molar-refractivity contribution < 1.29 is 22.8 Å². The summed E-state index contributed by atoms with van der Waals surface area (Å²) in [4.78, 5) is 29.7. The number of hydrogen-bond donors (Lipinski definition) is 2. The van der Waals surface area contributed by atoms with Gasteiger partial charge in [0.2, 0.25) is 0 Å². The molecule has 2 N–H and O–H groups in total. The molecule has 0 radical (unpaired) electrons. The number of alkyl halides is 2. The zero-order chi connectivity index (χ0) is 22.8. The van der Waals surface area contributed by atoms with Crippen LogP contribution in [0.25, 0.3) is 5.65 Å². The van der Waals surface area contributed by atoms with Gasteiger partial charge >= 0.3 is 0 Å². The van der Waals surface area contributed by atoms with Crippen LogP contribution in [0.2, 0.25) is 0 Å². The first kappa shape index (κ1) is 21.2. The molecule has 12 heteroatoms. The monoisotopic (exact) mass is 443 g/mol.